The number of hydrogen-bond donors (Lipinski definition) is 1. The first-order valence-corrected chi connectivity index (χ1v) is 5.98. The van der Waals surface area contributed by atoms with Gasteiger partial charge in [0.15, 0.2) is 5.75 Å². The van der Waals surface area contributed by atoms with Gasteiger partial charge in [-0.1, -0.05) is 0 Å². The van der Waals surface area contributed by atoms with Crippen molar-refractivity contribution in [3.63, 3.8) is 0 Å². The van der Waals surface area contributed by atoms with E-state index in [1.54, 1.807) is 0 Å². The molecule has 1 N–H and O–H groups in total. The molecule has 0 bridgehead atoms. The van der Waals surface area contributed by atoms with Crippen LogP contribution in [0.3, 0.4) is 0 Å². The number of amides is 1. The minimum Gasteiger partial charge on any atom is -0.453 e. The van der Waals surface area contributed by atoms with Crippen molar-refractivity contribution in [2.24, 2.45) is 0 Å². The zero-order valence-corrected chi connectivity index (χ0v) is 11.0. The van der Waals surface area contributed by atoms with Gasteiger partial charge in [0, 0.05) is 17.7 Å². The second kappa shape index (κ2) is 5.64. The lowest BCUT2D eigenvalue weighted by Gasteiger charge is -2.10. The smallest absolute Gasteiger partial charge is 0.407 e. The lowest BCUT2D eigenvalue weighted by atomic mass is 10.1. The topological polar surface area (TPSA) is 99.9 Å². The average Bonchev–Trinajstić information content (AvgIpc) is 2.83. The van der Waals surface area contributed by atoms with Crippen LogP contribution in [-0.4, -0.2) is 23.9 Å². The maximum absolute atomic E-state index is 11.4. The molecule has 20 heavy (non-hydrogen) atoms. The molecule has 0 radical (unpaired) electrons. The molecule has 1 amide bonds. The number of alkyl carbamates (subject to hydrolysis) is 1. The van der Waals surface area contributed by atoms with Crippen molar-refractivity contribution in [3.05, 3.63) is 27.8 Å². The number of nitro groups is 1. The first kappa shape index (κ1) is 13.9. The molecule has 0 aromatic heterocycles. The Balaban J connectivity index is 2.12. The molecule has 1 aliphatic heterocycles. The van der Waals surface area contributed by atoms with E-state index >= 15 is 0 Å². The normalized spacial score (nSPS) is 12.3. The molecule has 1 aromatic rings. The van der Waals surface area contributed by atoms with Crippen molar-refractivity contribution in [1.29, 1.82) is 0 Å². The molecule has 108 valence electrons. The van der Waals surface area contributed by atoms with Gasteiger partial charge in [0.25, 0.3) is 0 Å². The molecule has 0 spiro atoms. The van der Waals surface area contributed by atoms with Crippen LogP contribution in [0, 0.1) is 10.1 Å². The number of nitrogens with zero attached hydrogens (tertiary/aromatic N) is 1. The van der Waals surface area contributed by atoms with E-state index in [2.05, 4.69) is 5.32 Å². The number of carbonyl (C=O) groups excluding carboxylic acids is 1. The number of ether oxygens (including phenoxy) is 3. The maximum atomic E-state index is 11.4. The average molecular weight is 282 g/mol. The quantitative estimate of drug-likeness (QED) is 0.669. The highest BCUT2D eigenvalue weighted by atomic mass is 16.7. The van der Waals surface area contributed by atoms with E-state index in [1.165, 1.54) is 12.1 Å². The second-order valence-electron chi connectivity index (χ2n) is 4.44. The Kier molecular flexibility index (Phi) is 3.92. The van der Waals surface area contributed by atoms with Crippen LogP contribution in [0.2, 0.25) is 0 Å². The Labute approximate surface area is 114 Å². The standard InChI is InChI=1S/C12H14N2O6/c1-7(2)13-12(15)18-5-8-3-4-9(14(16)17)11-10(8)19-6-20-11/h3-4,7H,5-6H2,1-2H3,(H,13,15). The number of rotatable bonds is 4. The molecule has 8 nitrogen and oxygen atoms in total. The maximum Gasteiger partial charge on any atom is 0.407 e. The van der Waals surface area contributed by atoms with Crippen molar-refractivity contribution < 1.29 is 23.9 Å². The van der Waals surface area contributed by atoms with Gasteiger partial charge in [-0.2, -0.15) is 0 Å². The van der Waals surface area contributed by atoms with Crippen molar-refractivity contribution >= 4 is 11.8 Å². The van der Waals surface area contributed by atoms with Crippen molar-refractivity contribution in [2.75, 3.05) is 6.79 Å². The molecule has 2 rings (SSSR count). The second-order valence-corrected chi connectivity index (χ2v) is 4.44. The van der Waals surface area contributed by atoms with Gasteiger partial charge in [-0.05, 0) is 19.9 Å². The van der Waals surface area contributed by atoms with Gasteiger partial charge in [-0.3, -0.25) is 10.1 Å². The van der Waals surface area contributed by atoms with Crippen LogP contribution >= 0.6 is 0 Å². The highest BCUT2D eigenvalue weighted by Gasteiger charge is 2.28. The van der Waals surface area contributed by atoms with E-state index in [1.807, 2.05) is 13.8 Å². The number of carbonyl (C=O) groups is 1. The molecule has 0 atom stereocenters. The zero-order valence-electron chi connectivity index (χ0n) is 11.0. The van der Waals surface area contributed by atoms with Crippen LogP contribution in [0.4, 0.5) is 10.5 Å². The predicted octanol–water partition coefficient (Wildman–Crippen LogP) is 1.96. The Morgan fingerprint density at radius 2 is 2.15 bits per heavy atom. The summed E-state index contributed by atoms with van der Waals surface area (Å²) in [5.74, 6) is 0.317. The molecule has 1 heterocycles. The van der Waals surface area contributed by atoms with Crippen LogP contribution in [0.1, 0.15) is 19.4 Å². The van der Waals surface area contributed by atoms with Gasteiger partial charge < -0.3 is 19.5 Å². The Bertz CT molecular complexity index is 543. The summed E-state index contributed by atoms with van der Waals surface area (Å²) < 4.78 is 15.3. The van der Waals surface area contributed by atoms with Gasteiger partial charge in [-0.15, -0.1) is 0 Å². The molecule has 1 aliphatic rings. The van der Waals surface area contributed by atoms with Crippen LogP contribution in [-0.2, 0) is 11.3 Å². The van der Waals surface area contributed by atoms with Crippen LogP contribution in [0.15, 0.2) is 12.1 Å². The third-order valence-corrected chi connectivity index (χ3v) is 2.54. The third kappa shape index (κ3) is 2.90. The number of nitrogens with one attached hydrogen (secondary N) is 1. The summed E-state index contributed by atoms with van der Waals surface area (Å²) >= 11 is 0. The highest BCUT2D eigenvalue weighted by Crippen LogP contribution is 2.43. The van der Waals surface area contributed by atoms with Gasteiger partial charge in [0.2, 0.25) is 12.5 Å². The summed E-state index contributed by atoms with van der Waals surface area (Å²) in [7, 11) is 0. The van der Waals surface area contributed by atoms with E-state index in [4.69, 9.17) is 14.2 Å². The van der Waals surface area contributed by atoms with Gasteiger partial charge >= 0.3 is 11.8 Å². The van der Waals surface area contributed by atoms with Crippen molar-refractivity contribution in [3.8, 4) is 11.5 Å². The van der Waals surface area contributed by atoms with Crippen LogP contribution in [0.5, 0.6) is 11.5 Å². The summed E-state index contributed by atoms with van der Waals surface area (Å²) in [6.45, 7) is 3.47. The Hall–Kier alpha value is -2.51. The summed E-state index contributed by atoms with van der Waals surface area (Å²) in [6, 6.07) is 2.74. The lowest BCUT2D eigenvalue weighted by Crippen LogP contribution is -2.30. The highest BCUT2D eigenvalue weighted by molar-refractivity contribution is 5.68. The number of nitro benzene ring substituents is 1. The molecule has 0 saturated carbocycles. The molecule has 0 unspecified atom stereocenters. The van der Waals surface area contributed by atoms with E-state index in [0.717, 1.165) is 0 Å². The monoisotopic (exact) mass is 282 g/mol. The first-order valence-electron chi connectivity index (χ1n) is 5.98. The summed E-state index contributed by atoms with van der Waals surface area (Å²) in [4.78, 5) is 21.7. The lowest BCUT2D eigenvalue weighted by molar-refractivity contribution is -0.385. The summed E-state index contributed by atoms with van der Waals surface area (Å²) in [6.07, 6.45) is -0.564. The molecule has 1 aromatic carbocycles. The summed E-state index contributed by atoms with van der Waals surface area (Å²) in [5.41, 5.74) is 0.342. The zero-order chi connectivity index (χ0) is 14.7. The Morgan fingerprint density at radius 3 is 2.80 bits per heavy atom. The number of hydrogen-bond acceptors (Lipinski definition) is 6. The third-order valence-electron chi connectivity index (χ3n) is 2.54. The van der Waals surface area contributed by atoms with E-state index in [-0.39, 0.29) is 36.6 Å². The number of benzene rings is 1. The fourth-order valence-electron chi connectivity index (χ4n) is 1.72. The van der Waals surface area contributed by atoms with E-state index < -0.39 is 11.0 Å². The molecule has 0 fully saturated rings. The van der Waals surface area contributed by atoms with Crippen molar-refractivity contribution in [1.82, 2.24) is 5.32 Å². The Morgan fingerprint density at radius 1 is 1.45 bits per heavy atom. The predicted molar refractivity (Wildman–Crippen MR) is 67.7 cm³/mol. The minimum absolute atomic E-state index is 0.0374. The summed E-state index contributed by atoms with van der Waals surface area (Å²) in [5, 5.41) is 13.4. The fourth-order valence-corrected chi connectivity index (χ4v) is 1.72. The van der Waals surface area contributed by atoms with Gasteiger partial charge in [-0.25, -0.2) is 4.79 Å². The SMILES string of the molecule is CC(C)NC(=O)OCc1ccc([N+](=O)[O-])c2c1OCO2. The first-order chi connectivity index (χ1) is 9.49. The molecule has 0 saturated heterocycles. The van der Waals surface area contributed by atoms with Crippen LogP contribution in [0.25, 0.3) is 0 Å². The number of fused-ring (bicyclic) bond motifs is 1. The van der Waals surface area contributed by atoms with Gasteiger partial charge in [0.05, 0.1) is 4.92 Å². The minimum atomic E-state index is -0.564. The van der Waals surface area contributed by atoms with Crippen molar-refractivity contribution in [2.45, 2.75) is 26.5 Å². The van der Waals surface area contributed by atoms with Gasteiger partial charge in [0.1, 0.15) is 6.61 Å². The molecular formula is C12H14N2O6. The van der Waals surface area contributed by atoms with E-state index in [0.29, 0.717) is 5.56 Å². The molecule has 0 aliphatic carbocycles. The largest absolute Gasteiger partial charge is 0.453 e. The molecular weight excluding hydrogens is 268 g/mol. The van der Waals surface area contributed by atoms with Crippen LogP contribution < -0.4 is 14.8 Å². The molecule has 8 heteroatoms. The fraction of sp³-hybridized carbons (Fsp3) is 0.417. The van der Waals surface area contributed by atoms with E-state index in [9.17, 15) is 14.9 Å².